The standard InChI is InChI=1S/C14H13N3O3/c18-9-10-7-15-16(8-10)5-6-17-13(19)11-3-1-2-4-12(11)14(17)20/h1-4,7-9,13,19H,5-6H2. The lowest BCUT2D eigenvalue weighted by molar-refractivity contribution is 0.0158. The molecule has 1 N–H and O–H groups in total. The number of hydrogen-bond donors (Lipinski definition) is 1. The van der Waals surface area contributed by atoms with Gasteiger partial charge in [0.1, 0.15) is 0 Å². The summed E-state index contributed by atoms with van der Waals surface area (Å²) in [6.45, 7) is 0.749. The highest BCUT2D eigenvalue weighted by Gasteiger charge is 2.34. The second-order valence-corrected chi connectivity index (χ2v) is 4.61. The highest BCUT2D eigenvalue weighted by Crippen LogP contribution is 2.30. The zero-order chi connectivity index (χ0) is 14.1. The first kappa shape index (κ1) is 12.6. The van der Waals surface area contributed by atoms with Gasteiger partial charge in [0.25, 0.3) is 5.91 Å². The van der Waals surface area contributed by atoms with Crippen molar-refractivity contribution < 1.29 is 14.7 Å². The van der Waals surface area contributed by atoms with Crippen LogP contribution < -0.4 is 0 Å². The summed E-state index contributed by atoms with van der Waals surface area (Å²) in [6, 6.07) is 7.02. The topological polar surface area (TPSA) is 75.4 Å². The quantitative estimate of drug-likeness (QED) is 0.836. The summed E-state index contributed by atoms with van der Waals surface area (Å²) < 4.78 is 1.58. The predicted octanol–water partition coefficient (Wildman–Crippen LogP) is 0.843. The fraction of sp³-hybridized carbons (Fsp3) is 0.214. The molecule has 0 saturated carbocycles. The third kappa shape index (κ3) is 2.00. The molecule has 20 heavy (non-hydrogen) atoms. The highest BCUT2D eigenvalue weighted by atomic mass is 16.3. The molecular formula is C14H13N3O3. The molecule has 1 amide bonds. The summed E-state index contributed by atoms with van der Waals surface area (Å²) in [5, 5.41) is 14.2. The minimum Gasteiger partial charge on any atom is -0.369 e. The van der Waals surface area contributed by atoms with Gasteiger partial charge < -0.3 is 10.0 Å². The third-order valence-corrected chi connectivity index (χ3v) is 3.38. The molecule has 1 aliphatic heterocycles. The van der Waals surface area contributed by atoms with Gasteiger partial charge in [-0.05, 0) is 6.07 Å². The van der Waals surface area contributed by atoms with Crippen LogP contribution in [0.1, 0.15) is 32.5 Å². The van der Waals surface area contributed by atoms with Crippen LogP contribution in [-0.2, 0) is 6.54 Å². The van der Waals surface area contributed by atoms with E-state index in [4.69, 9.17) is 0 Å². The summed E-state index contributed by atoms with van der Waals surface area (Å²) >= 11 is 0. The average Bonchev–Trinajstić information content (AvgIpc) is 3.03. The van der Waals surface area contributed by atoms with E-state index in [0.717, 1.165) is 6.29 Å². The van der Waals surface area contributed by atoms with Gasteiger partial charge in [0.05, 0.1) is 18.3 Å². The minimum atomic E-state index is -0.917. The molecule has 1 atom stereocenters. The maximum Gasteiger partial charge on any atom is 0.256 e. The Bertz CT molecular complexity index is 665. The molecule has 0 spiro atoms. The van der Waals surface area contributed by atoms with Crippen molar-refractivity contribution in [1.29, 1.82) is 0 Å². The second-order valence-electron chi connectivity index (χ2n) is 4.61. The molecule has 2 aromatic rings. The zero-order valence-corrected chi connectivity index (χ0v) is 10.6. The van der Waals surface area contributed by atoms with Crippen molar-refractivity contribution in [2.75, 3.05) is 6.54 Å². The Balaban J connectivity index is 1.73. The molecule has 0 saturated heterocycles. The van der Waals surface area contributed by atoms with Crippen molar-refractivity contribution in [3.8, 4) is 0 Å². The Morgan fingerprint density at radius 2 is 2.10 bits per heavy atom. The van der Waals surface area contributed by atoms with Crippen LogP contribution in [0.15, 0.2) is 36.7 Å². The number of aliphatic hydroxyl groups excluding tert-OH is 1. The molecule has 0 fully saturated rings. The largest absolute Gasteiger partial charge is 0.369 e. The van der Waals surface area contributed by atoms with E-state index in [1.165, 1.54) is 11.1 Å². The number of rotatable bonds is 4. The number of aldehydes is 1. The van der Waals surface area contributed by atoms with Crippen LogP contribution in [0.4, 0.5) is 0 Å². The van der Waals surface area contributed by atoms with Gasteiger partial charge in [-0.2, -0.15) is 5.10 Å². The molecule has 0 aliphatic carbocycles. The van der Waals surface area contributed by atoms with Gasteiger partial charge in [-0.25, -0.2) is 0 Å². The monoisotopic (exact) mass is 271 g/mol. The average molecular weight is 271 g/mol. The number of amides is 1. The van der Waals surface area contributed by atoms with Crippen molar-refractivity contribution in [2.24, 2.45) is 0 Å². The summed E-state index contributed by atoms with van der Waals surface area (Å²) in [7, 11) is 0. The van der Waals surface area contributed by atoms with Gasteiger partial charge in [-0.3, -0.25) is 14.3 Å². The lowest BCUT2D eigenvalue weighted by atomic mass is 10.1. The minimum absolute atomic E-state index is 0.184. The van der Waals surface area contributed by atoms with E-state index in [1.54, 1.807) is 35.1 Å². The number of fused-ring (bicyclic) bond motifs is 1. The van der Waals surface area contributed by atoms with E-state index >= 15 is 0 Å². The lowest BCUT2D eigenvalue weighted by Gasteiger charge is -2.20. The van der Waals surface area contributed by atoms with E-state index in [-0.39, 0.29) is 5.91 Å². The summed E-state index contributed by atoms with van der Waals surface area (Å²) in [5.74, 6) is -0.184. The number of aliphatic hydroxyl groups is 1. The van der Waals surface area contributed by atoms with E-state index in [0.29, 0.717) is 29.8 Å². The zero-order valence-electron chi connectivity index (χ0n) is 10.6. The number of benzene rings is 1. The van der Waals surface area contributed by atoms with Crippen molar-refractivity contribution in [1.82, 2.24) is 14.7 Å². The molecule has 6 heteroatoms. The molecule has 3 rings (SSSR count). The molecule has 102 valence electrons. The van der Waals surface area contributed by atoms with Crippen molar-refractivity contribution in [3.05, 3.63) is 53.3 Å². The number of hydrogen-bond acceptors (Lipinski definition) is 4. The van der Waals surface area contributed by atoms with Gasteiger partial charge in [0.15, 0.2) is 12.5 Å². The summed E-state index contributed by atoms with van der Waals surface area (Å²) in [4.78, 5) is 24.1. The fourth-order valence-electron chi connectivity index (χ4n) is 2.35. The smallest absolute Gasteiger partial charge is 0.256 e. The van der Waals surface area contributed by atoms with Gasteiger partial charge in [0.2, 0.25) is 0 Å². The highest BCUT2D eigenvalue weighted by molar-refractivity contribution is 5.98. The Kier molecular flexibility index (Phi) is 3.08. The van der Waals surface area contributed by atoms with Crippen LogP contribution in [0, 0.1) is 0 Å². The number of nitrogens with zero attached hydrogens (tertiary/aromatic N) is 3. The molecule has 6 nitrogen and oxygen atoms in total. The van der Waals surface area contributed by atoms with E-state index in [9.17, 15) is 14.7 Å². The van der Waals surface area contributed by atoms with Crippen LogP contribution >= 0.6 is 0 Å². The van der Waals surface area contributed by atoms with Crippen molar-refractivity contribution in [3.63, 3.8) is 0 Å². The Morgan fingerprint density at radius 3 is 2.80 bits per heavy atom. The lowest BCUT2D eigenvalue weighted by Crippen LogP contribution is -2.31. The van der Waals surface area contributed by atoms with Crippen LogP contribution in [0.3, 0.4) is 0 Å². The van der Waals surface area contributed by atoms with Crippen LogP contribution in [0.25, 0.3) is 0 Å². The van der Waals surface area contributed by atoms with E-state index < -0.39 is 6.23 Å². The van der Waals surface area contributed by atoms with Crippen LogP contribution in [-0.4, -0.2) is 38.5 Å². The Hall–Kier alpha value is -2.47. The normalized spacial score (nSPS) is 17.4. The first-order valence-electron chi connectivity index (χ1n) is 6.26. The summed E-state index contributed by atoms with van der Waals surface area (Å²) in [5.41, 5.74) is 1.65. The van der Waals surface area contributed by atoms with E-state index in [1.807, 2.05) is 0 Å². The van der Waals surface area contributed by atoms with Gasteiger partial charge in [-0.15, -0.1) is 0 Å². The third-order valence-electron chi connectivity index (χ3n) is 3.38. The van der Waals surface area contributed by atoms with Crippen molar-refractivity contribution in [2.45, 2.75) is 12.8 Å². The van der Waals surface area contributed by atoms with Crippen molar-refractivity contribution >= 4 is 12.2 Å². The molecule has 2 heterocycles. The molecule has 1 aromatic carbocycles. The summed E-state index contributed by atoms with van der Waals surface area (Å²) in [6.07, 6.45) is 2.87. The molecule has 0 radical (unpaired) electrons. The predicted molar refractivity (Wildman–Crippen MR) is 70.1 cm³/mol. The molecular weight excluding hydrogens is 258 g/mol. The fourth-order valence-corrected chi connectivity index (χ4v) is 2.35. The Labute approximate surface area is 115 Å². The maximum absolute atomic E-state index is 12.2. The number of carbonyl (C=O) groups is 2. The SMILES string of the molecule is O=Cc1cnn(CCN2C(=O)c3ccccc3C2O)c1. The van der Waals surface area contributed by atoms with E-state index in [2.05, 4.69) is 5.10 Å². The van der Waals surface area contributed by atoms with Gasteiger partial charge >= 0.3 is 0 Å². The Morgan fingerprint density at radius 1 is 1.30 bits per heavy atom. The number of aromatic nitrogens is 2. The molecule has 1 aromatic heterocycles. The maximum atomic E-state index is 12.2. The molecule has 0 bridgehead atoms. The van der Waals surface area contributed by atoms with Crippen LogP contribution in [0.2, 0.25) is 0 Å². The first-order valence-corrected chi connectivity index (χ1v) is 6.26. The molecule has 1 unspecified atom stereocenters. The number of carbonyl (C=O) groups excluding carboxylic acids is 2. The second kappa shape index (κ2) is 4.90. The molecule has 1 aliphatic rings. The first-order chi connectivity index (χ1) is 9.70. The van der Waals surface area contributed by atoms with Gasteiger partial charge in [0, 0.05) is 23.9 Å². The van der Waals surface area contributed by atoms with Crippen LogP contribution in [0.5, 0.6) is 0 Å². The van der Waals surface area contributed by atoms with Gasteiger partial charge in [-0.1, -0.05) is 18.2 Å².